The molecule has 0 aliphatic carbocycles. The van der Waals surface area contributed by atoms with E-state index in [4.69, 9.17) is 0 Å². The zero-order chi connectivity index (χ0) is 19.4. The maximum atomic E-state index is 12.4. The van der Waals surface area contributed by atoms with Gasteiger partial charge < -0.3 is 10.2 Å². The second kappa shape index (κ2) is 7.92. The molecule has 1 atom stereocenters. The molecule has 1 N–H and O–H groups in total. The van der Waals surface area contributed by atoms with E-state index >= 15 is 0 Å². The van der Waals surface area contributed by atoms with Crippen LogP contribution in [0.4, 0.5) is 0 Å². The number of hydrogen-bond donors (Lipinski definition) is 1. The van der Waals surface area contributed by atoms with Crippen LogP contribution in [-0.4, -0.2) is 50.5 Å². The van der Waals surface area contributed by atoms with Gasteiger partial charge in [-0.15, -0.1) is 0 Å². The number of likely N-dealkylation sites (tertiary alicyclic amines) is 1. The second-order valence-corrected chi connectivity index (χ2v) is 8.76. The molecule has 1 fully saturated rings. The lowest BCUT2D eigenvalue weighted by molar-refractivity contribution is -0.127. The Morgan fingerprint density at radius 2 is 1.78 bits per heavy atom. The van der Waals surface area contributed by atoms with Gasteiger partial charge in [0.2, 0.25) is 5.91 Å². The van der Waals surface area contributed by atoms with Gasteiger partial charge in [-0.2, -0.15) is 0 Å². The van der Waals surface area contributed by atoms with Crippen molar-refractivity contribution in [1.82, 2.24) is 10.2 Å². The number of carbonyl (C=O) groups excluding carboxylic acids is 2. The molecule has 2 amide bonds. The lowest BCUT2D eigenvalue weighted by atomic mass is 10.1. The van der Waals surface area contributed by atoms with Crippen molar-refractivity contribution in [1.29, 1.82) is 0 Å². The lowest BCUT2D eigenvalue weighted by Gasteiger charge is -2.17. The van der Waals surface area contributed by atoms with Crippen LogP contribution in [0.5, 0.6) is 0 Å². The van der Waals surface area contributed by atoms with Gasteiger partial charge in [0.1, 0.15) is 0 Å². The molecule has 1 unspecified atom stereocenters. The number of nitrogens with zero attached hydrogens (tertiary/aromatic N) is 1. The third-order valence-electron chi connectivity index (χ3n) is 4.61. The maximum Gasteiger partial charge on any atom is 0.251 e. The summed E-state index contributed by atoms with van der Waals surface area (Å²) in [5.41, 5.74) is 1.54. The molecular formula is C20H22N2O4S. The summed E-state index contributed by atoms with van der Waals surface area (Å²) in [6, 6.07) is 15.5. The van der Waals surface area contributed by atoms with Crippen LogP contribution in [0.15, 0.2) is 59.5 Å². The molecule has 6 nitrogen and oxygen atoms in total. The van der Waals surface area contributed by atoms with E-state index in [9.17, 15) is 18.0 Å². The molecule has 27 heavy (non-hydrogen) atoms. The fourth-order valence-corrected chi connectivity index (χ4v) is 3.75. The summed E-state index contributed by atoms with van der Waals surface area (Å²) in [7, 11) is -3.29. The van der Waals surface area contributed by atoms with Crippen LogP contribution < -0.4 is 5.32 Å². The number of carbonyl (C=O) groups is 2. The second-order valence-electron chi connectivity index (χ2n) is 6.75. The van der Waals surface area contributed by atoms with Gasteiger partial charge in [-0.3, -0.25) is 9.59 Å². The minimum absolute atomic E-state index is 0.0312. The van der Waals surface area contributed by atoms with Gasteiger partial charge in [-0.25, -0.2) is 8.42 Å². The topological polar surface area (TPSA) is 83.5 Å². The number of benzene rings is 2. The van der Waals surface area contributed by atoms with Gasteiger partial charge in [-0.05, 0) is 36.2 Å². The molecule has 2 aromatic rings. The van der Waals surface area contributed by atoms with Crippen LogP contribution in [0.2, 0.25) is 0 Å². The zero-order valence-electron chi connectivity index (χ0n) is 15.1. The summed E-state index contributed by atoms with van der Waals surface area (Å²) < 4.78 is 23.0. The Bertz CT molecular complexity index is 924. The highest BCUT2D eigenvalue weighted by Gasteiger charge is 2.30. The maximum absolute atomic E-state index is 12.4. The summed E-state index contributed by atoms with van der Waals surface area (Å²) in [5, 5.41) is 2.86. The van der Waals surface area contributed by atoms with Gasteiger partial charge >= 0.3 is 0 Å². The van der Waals surface area contributed by atoms with Crippen molar-refractivity contribution < 1.29 is 18.0 Å². The number of nitrogens with one attached hydrogen (secondary N) is 1. The standard InChI is InChI=1S/C20H22N2O4S/c1-27(25,26)18-9-7-16(8-10-18)20(24)21-17-13-19(23)22(14-17)12-11-15-5-3-2-4-6-15/h2-10,17H,11-14H2,1H3,(H,21,24). The molecule has 3 rings (SSSR count). The molecule has 0 radical (unpaired) electrons. The van der Waals surface area contributed by atoms with Gasteiger partial charge in [0, 0.05) is 31.3 Å². The van der Waals surface area contributed by atoms with E-state index in [2.05, 4.69) is 5.32 Å². The molecular weight excluding hydrogens is 364 g/mol. The van der Waals surface area contributed by atoms with E-state index in [1.807, 2.05) is 30.3 Å². The van der Waals surface area contributed by atoms with Crippen LogP contribution in [0.1, 0.15) is 22.3 Å². The first-order chi connectivity index (χ1) is 12.8. The van der Waals surface area contributed by atoms with E-state index in [1.54, 1.807) is 4.90 Å². The van der Waals surface area contributed by atoms with Gasteiger partial charge in [0.25, 0.3) is 5.91 Å². The van der Waals surface area contributed by atoms with Crippen LogP contribution in [0.3, 0.4) is 0 Å². The first kappa shape index (κ1) is 19.1. The Kier molecular flexibility index (Phi) is 5.60. The summed E-state index contributed by atoms with van der Waals surface area (Å²) in [6.07, 6.45) is 2.18. The number of rotatable bonds is 6. The molecule has 0 spiro atoms. The first-order valence-corrected chi connectivity index (χ1v) is 10.6. The Labute approximate surface area is 159 Å². The molecule has 0 saturated carbocycles. The average molecular weight is 386 g/mol. The highest BCUT2D eigenvalue weighted by Crippen LogP contribution is 2.14. The van der Waals surface area contributed by atoms with Gasteiger partial charge in [0.05, 0.1) is 10.9 Å². The minimum atomic E-state index is -3.29. The first-order valence-electron chi connectivity index (χ1n) is 8.75. The number of sulfone groups is 1. The van der Waals surface area contributed by atoms with Crippen LogP contribution in [-0.2, 0) is 21.1 Å². The Morgan fingerprint density at radius 1 is 1.11 bits per heavy atom. The van der Waals surface area contributed by atoms with Crippen molar-refractivity contribution in [2.24, 2.45) is 0 Å². The highest BCUT2D eigenvalue weighted by molar-refractivity contribution is 7.90. The molecule has 1 saturated heterocycles. The van der Waals surface area contributed by atoms with Crippen molar-refractivity contribution in [3.05, 3.63) is 65.7 Å². The predicted molar refractivity (Wildman–Crippen MR) is 102 cm³/mol. The quantitative estimate of drug-likeness (QED) is 0.818. The fourth-order valence-electron chi connectivity index (χ4n) is 3.12. The average Bonchev–Trinajstić information content (AvgIpc) is 2.99. The molecule has 142 valence electrons. The molecule has 1 aliphatic heterocycles. The summed E-state index contributed by atoms with van der Waals surface area (Å²) in [5.74, 6) is -0.276. The van der Waals surface area contributed by atoms with Crippen LogP contribution in [0, 0.1) is 0 Å². The van der Waals surface area contributed by atoms with Gasteiger partial charge in [-0.1, -0.05) is 30.3 Å². The van der Waals surface area contributed by atoms with E-state index in [0.29, 0.717) is 18.7 Å². The Hall–Kier alpha value is -2.67. The summed E-state index contributed by atoms with van der Waals surface area (Å²) in [4.78, 5) is 26.5. The van der Waals surface area contributed by atoms with E-state index in [0.717, 1.165) is 12.7 Å². The Balaban J connectivity index is 1.55. The SMILES string of the molecule is CS(=O)(=O)c1ccc(C(=O)NC2CC(=O)N(CCc3ccccc3)C2)cc1. The van der Waals surface area contributed by atoms with E-state index in [-0.39, 0.29) is 29.2 Å². The minimum Gasteiger partial charge on any atom is -0.347 e. The number of amides is 2. The predicted octanol–water partition coefficient (Wildman–Crippen LogP) is 1.66. The lowest BCUT2D eigenvalue weighted by Crippen LogP contribution is -2.37. The smallest absolute Gasteiger partial charge is 0.251 e. The highest BCUT2D eigenvalue weighted by atomic mass is 32.2. The monoisotopic (exact) mass is 386 g/mol. The molecule has 0 aromatic heterocycles. The zero-order valence-corrected chi connectivity index (χ0v) is 15.9. The third kappa shape index (κ3) is 4.95. The van der Waals surface area contributed by atoms with Crippen molar-refractivity contribution >= 4 is 21.7 Å². The number of hydrogen-bond acceptors (Lipinski definition) is 4. The molecule has 2 aromatic carbocycles. The van der Waals surface area contributed by atoms with Crippen LogP contribution in [0.25, 0.3) is 0 Å². The Morgan fingerprint density at radius 3 is 2.41 bits per heavy atom. The molecule has 7 heteroatoms. The van der Waals surface area contributed by atoms with Crippen molar-refractivity contribution in [2.75, 3.05) is 19.3 Å². The molecule has 1 aliphatic rings. The third-order valence-corrected chi connectivity index (χ3v) is 5.74. The fraction of sp³-hybridized carbons (Fsp3) is 0.300. The largest absolute Gasteiger partial charge is 0.347 e. The molecule has 0 bridgehead atoms. The summed E-state index contributed by atoms with van der Waals surface area (Å²) in [6.45, 7) is 1.11. The van der Waals surface area contributed by atoms with Crippen molar-refractivity contribution in [2.45, 2.75) is 23.8 Å². The van der Waals surface area contributed by atoms with Crippen LogP contribution >= 0.6 is 0 Å². The van der Waals surface area contributed by atoms with Gasteiger partial charge in [0.15, 0.2) is 9.84 Å². The van der Waals surface area contributed by atoms with Crippen molar-refractivity contribution in [3.63, 3.8) is 0 Å². The summed E-state index contributed by atoms with van der Waals surface area (Å²) >= 11 is 0. The van der Waals surface area contributed by atoms with E-state index in [1.165, 1.54) is 29.8 Å². The normalized spacial score (nSPS) is 17.1. The van der Waals surface area contributed by atoms with Crippen molar-refractivity contribution in [3.8, 4) is 0 Å². The molecule has 1 heterocycles. The van der Waals surface area contributed by atoms with E-state index < -0.39 is 9.84 Å².